The summed E-state index contributed by atoms with van der Waals surface area (Å²) in [5, 5.41) is 13.1. The van der Waals surface area contributed by atoms with Crippen LogP contribution in [0.1, 0.15) is 26.8 Å². The molecule has 0 aliphatic carbocycles. The number of nitrogens with zero attached hydrogens (tertiary/aromatic N) is 3. The molecule has 1 aromatic rings. The smallest absolute Gasteiger partial charge is 0.222 e. The third kappa shape index (κ3) is 1.82. The monoisotopic (exact) mass is 235 g/mol. The van der Waals surface area contributed by atoms with Gasteiger partial charge < -0.3 is 4.84 Å². The highest BCUT2D eigenvalue weighted by Crippen LogP contribution is 2.21. The number of carbonyl (C=O) groups is 1. The van der Waals surface area contributed by atoms with Crippen molar-refractivity contribution in [2.45, 2.75) is 26.4 Å². The van der Waals surface area contributed by atoms with Crippen molar-refractivity contribution in [3.8, 4) is 6.07 Å². The summed E-state index contributed by atoms with van der Waals surface area (Å²) in [6.07, 6.45) is -0.376. The van der Waals surface area contributed by atoms with Crippen LogP contribution in [-0.2, 0) is 4.84 Å². The fraction of sp³-hybridized carbons (Fsp3) is 0.400. The van der Waals surface area contributed by atoms with Crippen molar-refractivity contribution in [3.05, 3.63) is 15.6 Å². The average molecular weight is 235 g/mol. The molecule has 0 radical (unpaired) electrons. The van der Waals surface area contributed by atoms with Gasteiger partial charge in [-0.3, -0.25) is 4.79 Å². The zero-order valence-electron chi connectivity index (χ0n) is 8.85. The van der Waals surface area contributed by atoms with Crippen LogP contribution in [0, 0.1) is 25.2 Å². The fourth-order valence-electron chi connectivity index (χ4n) is 1.45. The number of hydrogen-bond acceptors (Lipinski definition) is 6. The molecule has 0 saturated carbocycles. The van der Waals surface area contributed by atoms with Gasteiger partial charge in [0, 0.05) is 0 Å². The van der Waals surface area contributed by atoms with Crippen LogP contribution in [-0.4, -0.2) is 22.6 Å². The molecule has 6 heteroatoms. The molecule has 0 aromatic carbocycles. The van der Waals surface area contributed by atoms with E-state index in [1.807, 2.05) is 13.0 Å². The van der Waals surface area contributed by atoms with Gasteiger partial charge in [0.1, 0.15) is 11.8 Å². The summed E-state index contributed by atoms with van der Waals surface area (Å²) >= 11 is 1.34. The zero-order chi connectivity index (χ0) is 11.7. The molecule has 2 heterocycles. The fourth-order valence-corrected chi connectivity index (χ4v) is 2.34. The molecule has 82 valence electrons. The molecule has 0 saturated heterocycles. The van der Waals surface area contributed by atoms with E-state index in [0.29, 0.717) is 16.3 Å². The molecule has 0 fully saturated rings. The SMILES string of the molecule is Cc1nc(C)c(C(=O)C2=NOC(C#N)C2)s1. The first-order valence-electron chi connectivity index (χ1n) is 4.73. The Morgan fingerprint density at radius 2 is 2.38 bits per heavy atom. The van der Waals surface area contributed by atoms with Crippen molar-refractivity contribution in [2.75, 3.05) is 0 Å². The molecule has 0 N–H and O–H groups in total. The quantitative estimate of drug-likeness (QED) is 0.730. The third-order valence-electron chi connectivity index (χ3n) is 2.18. The highest BCUT2D eigenvalue weighted by Gasteiger charge is 2.28. The third-order valence-corrected chi connectivity index (χ3v) is 3.26. The van der Waals surface area contributed by atoms with Crippen molar-refractivity contribution in [3.63, 3.8) is 0 Å². The number of aromatic nitrogens is 1. The Bertz CT molecular complexity index is 513. The first-order valence-corrected chi connectivity index (χ1v) is 5.54. The van der Waals surface area contributed by atoms with Gasteiger partial charge in [-0.05, 0) is 13.8 Å². The predicted octanol–water partition coefficient (Wildman–Crippen LogP) is 1.61. The van der Waals surface area contributed by atoms with Crippen molar-refractivity contribution in [1.82, 2.24) is 4.98 Å². The molecule has 2 rings (SSSR count). The van der Waals surface area contributed by atoms with E-state index in [9.17, 15) is 4.79 Å². The van der Waals surface area contributed by atoms with Crippen LogP contribution in [0.5, 0.6) is 0 Å². The molecule has 1 aromatic heterocycles. The van der Waals surface area contributed by atoms with Gasteiger partial charge in [0.05, 0.1) is 22.0 Å². The first-order chi connectivity index (χ1) is 7.61. The molecule has 1 aliphatic heterocycles. The van der Waals surface area contributed by atoms with E-state index in [0.717, 1.165) is 5.01 Å². The van der Waals surface area contributed by atoms with E-state index in [2.05, 4.69) is 10.1 Å². The second-order valence-electron chi connectivity index (χ2n) is 3.44. The van der Waals surface area contributed by atoms with Crippen molar-refractivity contribution in [1.29, 1.82) is 5.26 Å². The Morgan fingerprint density at radius 3 is 2.88 bits per heavy atom. The van der Waals surface area contributed by atoms with E-state index < -0.39 is 6.10 Å². The molecule has 1 atom stereocenters. The number of nitriles is 1. The maximum Gasteiger partial charge on any atom is 0.222 e. The van der Waals surface area contributed by atoms with Gasteiger partial charge in [-0.1, -0.05) is 5.16 Å². The van der Waals surface area contributed by atoms with E-state index in [1.165, 1.54) is 11.3 Å². The van der Waals surface area contributed by atoms with Gasteiger partial charge in [-0.25, -0.2) is 4.98 Å². The zero-order valence-corrected chi connectivity index (χ0v) is 9.67. The minimum atomic E-state index is -0.631. The Balaban J connectivity index is 2.22. The minimum absolute atomic E-state index is 0.180. The summed E-state index contributed by atoms with van der Waals surface area (Å²) in [6.45, 7) is 3.63. The molecule has 1 unspecified atom stereocenters. The number of oxime groups is 1. The summed E-state index contributed by atoms with van der Waals surface area (Å²) in [7, 11) is 0. The van der Waals surface area contributed by atoms with Crippen LogP contribution in [0.3, 0.4) is 0 Å². The van der Waals surface area contributed by atoms with E-state index >= 15 is 0 Å². The highest BCUT2D eigenvalue weighted by molar-refractivity contribution is 7.14. The number of ketones is 1. The average Bonchev–Trinajstić information content (AvgIpc) is 2.84. The Hall–Kier alpha value is -1.74. The summed E-state index contributed by atoms with van der Waals surface area (Å²) in [6, 6.07) is 1.92. The highest BCUT2D eigenvalue weighted by atomic mass is 32.1. The normalized spacial score (nSPS) is 18.8. The second-order valence-corrected chi connectivity index (χ2v) is 4.64. The standard InChI is InChI=1S/C10H9N3O2S/c1-5-10(16-6(2)12-5)9(14)8-3-7(4-11)15-13-8/h7H,3H2,1-2H3. The minimum Gasteiger partial charge on any atom is -0.376 e. The van der Waals surface area contributed by atoms with Crippen molar-refractivity contribution >= 4 is 22.8 Å². The van der Waals surface area contributed by atoms with Gasteiger partial charge in [-0.2, -0.15) is 5.26 Å². The van der Waals surface area contributed by atoms with Gasteiger partial charge in [0.15, 0.2) is 0 Å². The maximum atomic E-state index is 12.0. The number of aryl methyl sites for hydroxylation is 2. The van der Waals surface area contributed by atoms with Gasteiger partial charge in [-0.15, -0.1) is 11.3 Å². The lowest BCUT2D eigenvalue weighted by molar-refractivity contribution is 0.106. The van der Waals surface area contributed by atoms with E-state index in [-0.39, 0.29) is 12.2 Å². The molecular formula is C10H9N3O2S. The summed E-state index contributed by atoms with van der Waals surface area (Å²) in [5.74, 6) is -0.180. The molecule has 0 spiro atoms. The van der Waals surface area contributed by atoms with Gasteiger partial charge in [0.25, 0.3) is 0 Å². The second kappa shape index (κ2) is 4.02. The number of thiazole rings is 1. The Kier molecular flexibility index (Phi) is 2.71. The molecule has 16 heavy (non-hydrogen) atoms. The van der Waals surface area contributed by atoms with Crippen molar-refractivity contribution < 1.29 is 9.63 Å². The molecule has 1 aliphatic rings. The topological polar surface area (TPSA) is 75.3 Å². The van der Waals surface area contributed by atoms with Crippen LogP contribution in [0.2, 0.25) is 0 Å². The van der Waals surface area contributed by atoms with Crippen LogP contribution in [0.25, 0.3) is 0 Å². The predicted molar refractivity (Wildman–Crippen MR) is 58.5 cm³/mol. The largest absolute Gasteiger partial charge is 0.376 e. The lowest BCUT2D eigenvalue weighted by Gasteiger charge is -1.95. The maximum absolute atomic E-state index is 12.0. The number of rotatable bonds is 2. The van der Waals surface area contributed by atoms with Crippen LogP contribution in [0.15, 0.2) is 5.16 Å². The lowest BCUT2D eigenvalue weighted by Crippen LogP contribution is -2.14. The van der Waals surface area contributed by atoms with Crippen LogP contribution < -0.4 is 0 Å². The summed E-state index contributed by atoms with van der Waals surface area (Å²) < 4.78 is 0. The Morgan fingerprint density at radius 1 is 1.62 bits per heavy atom. The van der Waals surface area contributed by atoms with Gasteiger partial charge >= 0.3 is 0 Å². The van der Waals surface area contributed by atoms with Crippen molar-refractivity contribution in [2.24, 2.45) is 5.16 Å². The number of hydrogen-bond donors (Lipinski definition) is 0. The molecule has 0 bridgehead atoms. The van der Waals surface area contributed by atoms with Crippen LogP contribution >= 0.6 is 11.3 Å². The number of Topliss-reactive ketones (excluding diaryl/α,β-unsaturated/α-hetero) is 1. The van der Waals surface area contributed by atoms with E-state index in [4.69, 9.17) is 10.1 Å². The summed E-state index contributed by atoms with van der Waals surface area (Å²) in [5.41, 5.74) is 1.01. The number of carbonyl (C=O) groups excluding carboxylic acids is 1. The molecule has 5 nitrogen and oxygen atoms in total. The molecule has 0 amide bonds. The first kappa shape index (κ1) is 10.8. The van der Waals surface area contributed by atoms with Crippen LogP contribution in [0.4, 0.5) is 0 Å². The Labute approximate surface area is 96.4 Å². The van der Waals surface area contributed by atoms with Gasteiger partial charge in [0.2, 0.25) is 11.9 Å². The van der Waals surface area contributed by atoms with E-state index in [1.54, 1.807) is 6.92 Å². The molecular weight excluding hydrogens is 226 g/mol. The summed E-state index contributed by atoms with van der Waals surface area (Å²) in [4.78, 5) is 21.5. The lowest BCUT2D eigenvalue weighted by atomic mass is 10.1.